The number of allylic oxidation sites excluding steroid dienone is 5. The summed E-state index contributed by atoms with van der Waals surface area (Å²) in [5, 5.41) is 0. The van der Waals surface area contributed by atoms with Gasteiger partial charge in [-0.25, -0.2) is 0 Å². The van der Waals surface area contributed by atoms with E-state index in [9.17, 15) is 0 Å². The van der Waals surface area contributed by atoms with Crippen LogP contribution in [0.25, 0.3) is 0 Å². The van der Waals surface area contributed by atoms with E-state index < -0.39 is 0 Å². The number of rotatable bonds is 0. The number of nitrogens with zero attached hydrogens (tertiary/aromatic N) is 1. The molecular formula is C9H8NS. The third-order valence-corrected chi connectivity index (χ3v) is 2.12. The van der Waals surface area contributed by atoms with Crippen molar-refractivity contribution in [2.24, 2.45) is 0 Å². The molecule has 0 saturated carbocycles. The first kappa shape index (κ1) is 6.68. The minimum atomic E-state index is 0.902. The Morgan fingerprint density at radius 1 is 1.27 bits per heavy atom. The SMILES string of the molecule is [S]C1=C2C=CC=CN2C=CC1. The van der Waals surface area contributed by atoms with E-state index in [0.717, 1.165) is 17.0 Å². The van der Waals surface area contributed by atoms with Crippen LogP contribution in [0.15, 0.2) is 47.3 Å². The van der Waals surface area contributed by atoms with Crippen LogP contribution in [0.3, 0.4) is 0 Å². The van der Waals surface area contributed by atoms with Gasteiger partial charge >= 0.3 is 0 Å². The van der Waals surface area contributed by atoms with Crippen LogP contribution in [0.4, 0.5) is 0 Å². The van der Waals surface area contributed by atoms with E-state index in [1.54, 1.807) is 0 Å². The Balaban J connectivity index is 2.40. The number of hydrogen-bond donors (Lipinski definition) is 0. The van der Waals surface area contributed by atoms with E-state index in [2.05, 4.69) is 6.08 Å². The Bertz CT molecular complexity index is 284. The summed E-state index contributed by atoms with van der Waals surface area (Å²) in [6, 6.07) is 0. The lowest BCUT2D eigenvalue weighted by Crippen LogP contribution is -2.13. The molecule has 0 fully saturated rings. The predicted molar refractivity (Wildman–Crippen MR) is 48.5 cm³/mol. The van der Waals surface area contributed by atoms with E-state index in [-0.39, 0.29) is 0 Å². The summed E-state index contributed by atoms with van der Waals surface area (Å²) < 4.78 is 0. The van der Waals surface area contributed by atoms with Gasteiger partial charge in [0, 0.05) is 23.7 Å². The molecule has 2 heteroatoms. The van der Waals surface area contributed by atoms with Gasteiger partial charge in [0.25, 0.3) is 0 Å². The minimum absolute atomic E-state index is 0.902. The molecule has 0 aromatic rings. The molecule has 55 valence electrons. The monoisotopic (exact) mass is 162 g/mol. The topological polar surface area (TPSA) is 3.24 Å². The highest BCUT2D eigenvalue weighted by Crippen LogP contribution is 2.25. The van der Waals surface area contributed by atoms with Crippen LogP contribution in [0.5, 0.6) is 0 Å². The van der Waals surface area contributed by atoms with Gasteiger partial charge in [0.15, 0.2) is 0 Å². The summed E-state index contributed by atoms with van der Waals surface area (Å²) in [5.41, 5.74) is 1.14. The molecule has 2 aliphatic rings. The third kappa shape index (κ3) is 1.10. The Morgan fingerprint density at radius 2 is 2.18 bits per heavy atom. The zero-order valence-corrected chi connectivity index (χ0v) is 6.84. The fourth-order valence-electron chi connectivity index (χ4n) is 1.20. The smallest absolute Gasteiger partial charge is 0.0592 e. The van der Waals surface area contributed by atoms with E-state index in [1.807, 2.05) is 35.5 Å². The summed E-state index contributed by atoms with van der Waals surface area (Å²) in [7, 11) is 0. The summed E-state index contributed by atoms with van der Waals surface area (Å²) >= 11 is 5.19. The highest BCUT2D eigenvalue weighted by molar-refractivity contribution is 7.84. The largest absolute Gasteiger partial charge is 0.323 e. The summed E-state index contributed by atoms with van der Waals surface area (Å²) in [6.45, 7) is 0. The molecule has 0 bridgehead atoms. The lowest BCUT2D eigenvalue weighted by Gasteiger charge is -2.23. The highest BCUT2D eigenvalue weighted by Gasteiger charge is 2.11. The number of hydrogen-bond acceptors (Lipinski definition) is 1. The average Bonchev–Trinajstić information content (AvgIpc) is 2.06. The van der Waals surface area contributed by atoms with Crippen molar-refractivity contribution in [1.29, 1.82) is 0 Å². The summed E-state index contributed by atoms with van der Waals surface area (Å²) in [4.78, 5) is 3.07. The molecule has 0 aliphatic carbocycles. The second-order valence-electron chi connectivity index (χ2n) is 2.51. The van der Waals surface area contributed by atoms with Gasteiger partial charge in [0.2, 0.25) is 0 Å². The number of fused-ring (bicyclic) bond motifs is 1. The van der Waals surface area contributed by atoms with E-state index in [0.29, 0.717) is 0 Å². The van der Waals surface area contributed by atoms with Crippen molar-refractivity contribution < 1.29 is 0 Å². The molecule has 2 heterocycles. The van der Waals surface area contributed by atoms with Crippen molar-refractivity contribution in [2.75, 3.05) is 0 Å². The highest BCUT2D eigenvalue weighted by atomic mass is 32.1. The molecule has 0 atom stereocenters. The summed E-state index contributed by atoms with van der Waals surface area (Å²) in [6.07, 6.45) is 13.1. The van der Waals surface area contributed by atoms with Crippen LogP contribution in [-0.2, 0) is 0 Å². The van der Waals surface area contributed by atoms with Crippen LogP contribution in [0, 0.1) is 0 Å². The summed E-state index contributed by atoms with van der Waals surface area (Å²) in [5.74, 6) is 0. The molecule has 0 spiro atoms. The van der Waals surface area contributed by atoms with Crippen molar-refractivity contribution >= 4 is 12.6 Å². The lowest BCUT2D eigenvalue weighted by atomic mass is 10.2. The van der Waals surface area contributed by atoms with Crippen LogP contribution in [0.2, 0.25) is 0 Å². The van der Waals surface area contributed by atoms with Gasteiger partial charge in [0.05, 0.1) is 5.70 Å². The van der Waals surface area contributed by atoms with Gasteiger partial charge in [-0.1, -0.05) is 24.8 Å². The molecule has 1 nitrogen and oxygen atoms in total. The van der Waals surface area contributed by atoms with Crippen molar-refractivity contribution in [1.82, 2.24) is 4.90 Å². The van der Waals surface area contributed by atoms with Crippen LogP contribution in [0.1, 0.15) is 6.42 Å². The van der Waals surface area contributed by atoms with Gasteiger partial charge in [-0.15, -0.1) is 0 Å². The fourth-order valence-corrected chi connectivity index (χ4v) is 1.47. The zero-order valence-electron chi connectivity index (χ0n) is 6.03. The first-order valence-electron chi connectivity index (χ1n) is 3.58. The normalized spacial score (nSPS) is 20.9. The van der Waals surface area contributed by atoms with Crippen molar-refractivity contribution in [3.05, 3.63) is 47.3 Å². The molecule has 0 N–H and O–H groups in total. The van der Waals surface area contributed by atoms with Crippen LogP contribution in [-0.4, -0.2) is 4.90 Å². The molecular weight excluding hydrogens is 154 g/mol. The van der Waals surface area contributed by atoms with E-state index in [4.69, 9.17) is 12.6 Å². The second kappa shape index (κ2) is 2.55. The molecule has 11 heavy (non-hydrogen) atoms. The van der Waals surface area contributed by atoms with Gasteiger partial charge < -0.3 is 4.90 Å². The second-order valence-corrected chi connectivity index (χ2v) is 3.00. The lowest BCUT2D eigenvalue weighted by molar-refractivity contribution is 0.626. The maximum absolute atomic E-state index is 5.19. The molecule has 2 aliphatic heterocycles. The molecule has 0 saturated heterocycles. The van der Waals surface area contributed by atoms with E-state index >= 15 is 0 Å². The molecule has 1 radical (unpaired) electrons. The first-order chi connectivity index (χ1) is 5.38. The molecule has 0 aromatic heterocycles. The fraction of sp³-hybridized carbons (Fsp3) is 0.111. The van der Waals surface area contributed by atoms with Gasteiger partial charge in [0.1, 0.15) is 0 Å². The molecule has 0 unspecified atom stereocenters. The quantitative estimate of drug-likeness (QED) is 0.529. The van der Waals surface area contributed by atoms with Crippen LogP contribution < -0.4 is 0 Å². The molecule has 0 amide bonds. The van der Waals surface area contributed by atoms with Crippen molar-refractivity contribution in [3.8, 4) is 0 Å². The Morgan fingerprint density at radius 3 is 3.00 bits per heavy atom. The van der Waals surface area contributed by atoms with Crippen molar-refractivity contribution in [2.45, 2.75) is 6.42 Å². The first-order valence-corrected chi connectivity index (χ1v) is 3.99. The Labute approximate surface area is 71.8 Å². The molecule has 0 aromatic carbocycles. The molecule has 2 rings (SSSR count). The van der Waals surface area contributed by atoms with Gasteiger partial charge in [-0.3, -0.25) is 0 Å². The van der Waals surface area contributed by atoms with Crippen LogP contribution >= 0.6 is 12.6 Å². The standard InChI is InChI=1S/C9H8NS/c11-9-5-3-7-10-6-2-1-4-8(9)10/h1-4,6-7H,5H2. The average molecular weight is 162 g/mol. The third-order valence-electron chi connectivity index (χ3n) is 1.74. The maximum atomic E-state index is 5.19. The minimum Gasteiger partial charge on any atom is -0.323 e. The van der Waals surface area contributed by atoms with Crippen molar-refractivity contribution in [3.63, 3.8) is 0 Å². The van der Waals surface area contributed by atoms with E-state index in [1.165, 1.54) is 0 Å². The van der Waals surface area contributed by atoms with Gasteiger partial charge in [-0.05, 0) is 12.2 Å². The predicted octanol–water partition coefficient (Wildman–Crippen LogP) is 2.70. The van der Waals surface area contributed by atoms with Gasteiger partial charge in [-0.2, -0.15) is 0 Å². The maximum Gasteiger partial charge on any atom is 0.0592 e. The Kier molecular flexibility index (Phi) is 1.55. The zero-order chi connectivity index (χ0) is 7.68. The Hall–Kier alpha value is -1.02.